The molecular weight excluding hydrogens is 360 g/mol. The number of hydrogen-bond donors (Lipinski definition) is 0. The highest BCUT2D eigenvalue weighted by molar-refractivity contribution is 6.06. The topological polar surface area (TPSA) is 173 Å². The predicted octanol–water partition coefficient (Wildman–Crippen LogP) is -1.28. The van der Waals surface area contributed by atoms with Crippen LogP contribution in [-0.2, 0) is 57.3 Å². The van der Waals surface area contributed by atoms with Gasteiger partial charge in [-0.05, 0) is 6.92 Å². The molecule has 12 heteroatoms. The lowest BCUT2D eigenvalue weighted by Crippen LogP contribution is -2.30. The van der Waals surface area contributed by atoms with E-state index < -0.39 is 66.5 Å². The van der Waals surface area contributed by atoms with Gasteiger partial charge < -0.3 is 18.9 Å². The van der Waals surface area contributed by atoms with E-state index in [2.05, 4.69) is 18.9 Å². The van der Waals surface area contributed by atoms with Crippen LogP contribution in [0.25, 0.3) is 0 Å². The molecule has 0 N–H and O–H groups in total. The van der Waals surface area contributed by atoms with Gasteiger partial charge in [0, 0.05) is 13.8 Å². The van der Waals surface area contributed by atoms with E-state index in [0.717, 1.165) is 20.8 Å². The molecule has 0 unspecified atom stereocenters. The van der Waals surface area contributed by atoms with Crippen LogP contribution in [0.3, 0.4) is 0 Å². The molecule has 0 rings (SSSR count). The number of ether oxygens (including phenoxy) is 4. The molecule has 12 nitrogen and oxygen atoms in total. The maximum absolute atomic E-state index is 11.5. The minimum Gasteiger partial charge on any atom is -0.393 e. The summed E-state index contributed by atoms with van der Waals surface area (Å²) < 4.78 is 16.4. The van der Waals surface area contributed by atoms with E-state index >= 15 is 0 Å². The first-order valence-electron chi connectivity index (χ1n) is 6.83. The molecule has 0 aromatic carbocycles. The molecule has 0 aromatic rings. The summed E-state index contributed by atoms with van der Waals surface area (Å²) in [6, 6.07) is 0. The van der Waals surface area contributed by atoms with E-state index in [1.54, 1.807) is 0 Å². The Morgan fingerprint density at radius 2 is 0.846 bits per heavy atom. The quantitative estimate of drug-likeness (QED) is 0.306. The summed E-state index contributed by atoms with van der Waals surface area (Å²) in [5.41, 5.74) is 0. The van der Waals surface area contributed by atoms with Gasteiger partial charge in [0.25, 0.3) is 0 Å². The fourth-order valence-electron chi connectivity index (χ4n) is 1.20. The Hall–Kier alpha value is -3.44. The van der Waals surface area contributed by atoms with Crippen molar-refractivity contribution in [3.63, 3.8) is 0 Å². The third-order valence-electron chi connectivity index (χ3n) is 2.23. The average molecular weight is 374 g/mol. The molecule has 0 aromatic heterocycles. The lowest BCUT2D eigenvalue weighted by atomic mass is 10.2. The number of hydrogen-bond acceptors (Lipinski definition) is 12. The van der Waals surface area contributed by atoms with Gasteiger partial charge >= 0.3 is 47.8 Å². The molecule has 0 radical (unpaired) electrons. The van der Waals surface area contributed by atoms with E-state index in [1.165, 1.54) is 0 Å². The average Bonchev–Trinajstić information content (AvgIpc) is 2.43. The van der Waals surface area contributed by atoms with Gasteiger partial charge in [-0.15, -0.1) is 0 Å². The first-order valence-corrected chi connectivity index (χ1v) is 6.83. The molecule has 0 bridgehead atoms. The largest absolute Gasteiger partial charge is 0.393 e. The molecule has 142 valence electrons. The predicted molar refractivity (Wildman–Crippen MR) is 74.1 cm³/mol. The highest BCUT2D eigenvalue weighted by Gasteiger charge is 2.30. The Labute approximate surface area is 145 Å². The second kappa shape index (κ2) is 10.4. The van der Waals surface area contributed by atoms with Crippen molar-refractivity contribution in [3.8, 4) is 0 Å². The fraction of sp³-hybridized carbons (Fsp3) is 0.429. The molecule has 0 atom stereocenters. The molecule has 0 heterocycles. The zero-order valence-electron chi connectivity index (χ0n) is 13.9. The van der Waals surface area contributed by atoms with E-state index in [-0.39, 0.29) is 0 Å². The Morgan fingerprint density at radius 3 is 1.12 bits per heavy atom. The highest BCUT2D eigenvalue weighted by Crippen LogP contribution is 2.05. The van der Waals surface area contributed by atoms with Crippen molar-refractivity contribution in [3.05, 3.63) is 0 Å². The molecule has 0 fully saturated rings. The Morgan fingerprint density at radius 1 is 0.577 bits per heavy atom. The summed E-state index contributed by atoms with van der Waals surface area (Å²) in [6.45, 7) is 2.75. The molecule has 0 aliphatic rings. The molecular formula is C14H14O12. The second-order valence-corrected chi connectivity index (χ2v) is 4.59. The van der Waals surface area contributed by atoms with Crippen LogP contribution in [0.4, 0.5) is 0 Å². The van der Waals surface area contributed by atoms with Crippen molar-refractivity contribution in [2.75, 3.05) is 0 Å². The maximum Gasteiger partial charge on any atom is 0.327 e. The zero-order valence-corrected chi connectivity index (χ0v) is 13.9. The van der Waals surface area contributed by atoms with Gasteiger partial charge in [-0.2, -0.15) is 0 Å². The van der Waals surface area contributed by atoms with Crippen molar-refractivity contribution >= 4 is 47.8 Å². The number of esters is 8. The van der Waals surface area contributed by atoms with Crippen molar-refractivity contribution in [1.82, 2.24) is 0 Å². The third-order valence-corrected chi connectivity index (χ3v) is 2.23. The molecule has 0 amide bonds. The monoisotopic (exact) mass is 374 g/mol. The molecule has 26 heavy (non-hydrogen) atoms. The Bertz CT molecular complexity index is 603. The minimum atomic E-state index is -1.75. The lowest BCUT2D eigenvalue weighted by molar-refractivity contribution is -0.171. The molecule has 0 aliphatic heterocycles. The first kappa shape index (κ1) is 22.6. The molecule has 0 saturated carbocycles. The van der Waals surface area contributed by atoms with Crippen LogP contribution in [-0.4, -0.2) is 47.8 Å². The lowest BCUT2D eigenvalue weighted by Gasteiger charge is -2.09. The van der Waals surface area contributed by atoms with Gasteiger partial charge in [0.05, 0.1) is 0 Å². The van der Waals surface area contributed by atoms with Crippen LogP contribution in [0.1, 0.15) is 33.6 Å². The Balaban J connectivity index is 4.47. The van der Waals surface area contributed by atoms with Crippen LogP contribution in [0.5, 0.6) is 0 Å². The van der Waals surface area contributed by atoms with Gasteiger partial charge in [-0.25, -0.2) is 0 Å². The van der Waals surface area contributed by atoms with Gasteiger partial charge in [-0.3, -0.25) is 38.4 Å². The van der Waals surface area contributed by atoms with Crippen molar-refractivity contribution < 1.29 is 57.3 Å². The highest BCUT2D eigenvalue weighted by atomic mass is 16.6. The van der Waals surface area contributed by atoms with Crippen LogP contribution in [0.2, 0.25) is 0 Å². The smallest absolute Gasteiger partial charge is 0.327 e. The van der Waals surface area contributed by atoms with Crippen molar-refractivity contribution in [2.45, 2.75) is 33.6 Å². The fourth-order valence-corrected chi connectivity index (χ4v) is 1.20. The summed E-state index contributed by atoms with van der Waals surface area (Å²) >= 11 is 0. The minimum absolute atomic E-state index is 0.912. The third kappa shape index (κ3) is 9.64. The van der Waals surface area contributed by atoms with Crippen LogP contribution < -0.4 is 0 Å². The van der Waals surface area contributed by atoms with Crippen LogP contribution in [0, 0.1) is 5.92 Å². The van der Waals surface area contributed by atoms with E-state index in [0.29, 0.717) is 0 Å². The van der Waals surface area contributed by atoms with Crippen molar-refractivity contribution in [2.24, 2.45) is 5.92 Å². The Kier molecular flexibility index (Phi) is 9.05. The molecule has 0 spiro atoms. The summed E-state index contributed by atoms with van der Waals surface area (Å²) in [4.78, 5) is 88.6. The first-order chi connectivity index (χ1) is 11.9. The maximum atomic E-state index is 11.5. The van der Waals surface area contributed by atoms with Crippen molar-refractivity contribution in [1.29, 1.82) is 0 Å². The summed E-state index contributed by atoms with van der Waals surface area (Å²) in [6.07, 6.45) is -2.13. The molecule has 0 aliphatic carbocycles. The molecule has 0 saturated heterocycles. The van der Waals surface area contributed by atoms with E-state index in [1.807, 2.05) is 0 Å². The standard InChI is InChI=1S/C14H14O12/c1-6(13(21)25-11(19)4-9(17)23-7(2)15)14(22)26-12(20)5-10(18)24-8(3)16/h6H,4-5H2,1-3H3. The van der Waals surface area contributed by atoms with Gasteiger partial charge in [0.15, 0.2) is 5.92 Å². The summed E-state index contributed by atoms with van der Waals surface area (Å²) in [5.74, 6) is -12.0. The van der Waals surface area contributed by atoms with Crippen LogP contribution >= 0.6 is 0 Å². The zero-order chi connectivity index (χ0) is 20.4. The van der Waals surface area contributed by atoms with Crippen LogP contribution in [0.15, 0.2) is 0 Å². The van der Waals surface area contributed by atoms with E-state index in [4.69, 9.17) is 0 Å². The summed E-state index contributed by atoms with van der Waals surface area (Å²) in [7, 11) is 0. The SMILES string of the molecule is CC(=O)OC(=O)CC(=O)OC(=O)C(C)C(=O)OC(=O)CC(=O)OC(C)=O. The number of rotatable bonds is 6. The van der Waals surface area contributed by atoms with Gasteiger partial charge in [-0.1, -0.05) is 0 Å². The number of carbonyl (C=O) groups is 8. The second-order valence-electron chi connectivity index (χ2n) is 4.59. The van der Waals surface area contributed by atoms with E-state index in [9.17, 15) is 38.4 Å². The normalized spacial score (nSPS) is 9.69. The van der Waals surface area contributed by atoms with Gasteiger partial charge in [0.1, 0.15) is 12.8 Å². The van der Waals surface area contributed by atoms with Gasteiger partial charge in [0.2, 0.25) is 0 Å². The summed E-state index contributed by atoms with van der Waals surface area (Å²) in [5, 5.41) is 0. The number of carbonyl (C=O) groups excluding carboxylic acids is 8.